The number of pyridine rings is 1. The van der Waals surface area contributed by atoms with Crippen molar-refractivity contribution in [3.05, 3.63) is 101 Å². The highest BCUT2D eigenvalue weighted by molar-refractivity contribution is 9.10. The summed E-state index contributed by atoms with van der Waals surface area (Å²) < 4.78 is 25.6. The standard InChI is InChI=1S/C37H39BrN2O4S2/c1-5-6-20-46(42)25-31(23-43-30-18-14-28(15-19-30)37(2,3)4)44-35(41)24-45-36-33(22-39)32(26-10-8-7-9-11-26)21-34(40-36)27-12-16-29(38)17-13-27/h7-19,21,31H,5-6,20,23-25H2,1-4H3. The number of nitrogens with zero attached hydrogens (tertiary/aromatic N) is 2. The van der Waals surface area contributed by atoms with Crippen molar-refractivity contribution < 1.29 is 18.5 Å². The molecule has 0 aliphatic heterocycles. The van der Waals surface area contributed by atoms with Gasteiger partial charge < -0.3 is 9.47 Å². The Balaban J connectivity index is 1.52. The van der Waals surface area contributed by atoms with Gasteiger partial charge in [0.05, 0.1) is 22.8 Å². The monoisotopic (exact) mass is 718 g/mol. The van der Waals surface area contributed by atoms with Gasteiger partial charge in [-0.1, -0.05) is 116 Å². The molecule has 0 aliphatic rings. The van der Waals surface area contributed by atoms with Crippen molar-refractivity contribution in [3.8, 4) is 34.2 Å². The Morgan fingerprint density at radius 2 is 1.72 bits per heavy atom. The molecule has 0 saturated heterocycles. The van der Waals surface area contributed by atoms with Crippen LogP contribution in [0.5, 0.6) is 5.75 Å². The van der Waals surface area contributed by atoms with E-state index in [1.807, 2.05) is 84.9 Å². The molecule has 2 unspecified atom stereocenters. The SMILES string of the molecule is CCCCS(=O)CC(COc1ccc(C(C)(C)C)cc1)OC(=O)CSc1nc(-c2ccc(Br)cc2)cc(-c2ccccc2)c1C#N. The van der Waals surface area contributed by atoms with Crippen LogP contribution in [0, 0.1) is 11.3 Å². The topological polar surface area (TPSA) is 89.3 Å². The smallest absolute Gasteiger partial charge is 0.316 e. The third-order valence-corrected chi connectivity index (χ3v) is 10.2. The molecule has 0 radical (unpaired) electrons. The van der Waals surface area contributed by atoms with Crippen LogP contribution >= 0.6 is 27.7 Å². The molecule has 1 aromatic heterocycles. The first-order chi connectivity index (χ1) is 22.1. The molecule has 0 bridgehead atoms. The molecule has 0 N–H and O–H groups in total. The van der Waals surface area contributed by atoms with Crippen molar-refractivity contribution in [3.63, 3.8) is 0 Å². The number of aromatic nitrogens is 1. The summed E-state index contributed by atoms with van der Waals surface area (Å²) in [5, 5.41) is 10.6. The van der Waals surface area contributed by atoms with E-state index in [1.54, 1.807) is 0 Å². The molecule has 4 rings (SSSR count). The predicted octanol–water partition coefficient (Wildman–Crippen LogP) is 8.98. The summed E-state index contributed by atoms with van der Waals surface area (Å²) in [6.07, 6.45) is 1.08. The van der Waals surface area contributed by atoms with E-state index in [2.05, 4.69) is 49.7 Å². The number of carbonyl (C=O) groups is 1. The highest BCUT2D eigenvalue weighted by atomic mass is 79.9. The van der Waals surface area contributed by atoms with Gasteiger partial charge in [0, 0.05) is 32.2 Å². The zero-order valence-electron chi connectivity index (χ0n) is 26.6. The lowest BCUT2D eigenvalue weighted by Gasteiger charge is -2.21. The maximum atomic E-state index is 13.2. The second-order valence-electron chi connectivity index (χ2n) is 11.9. The molecule has 3 aromatic carbocycles. The quantitative estimate of drug-likeness (QED) is 0.0950. The fourth-order valence-electron chi connectivity index (χ4n) is 4.65. The van der Waals surface area contributed by atoms with Crippen LogP contribution in [0.3, 0.4) is 0 Å². The zero-order chi connectivity index (χ0) is 33.1. The second kappa shape index (κ2) is 16.9. The lowest BCUT2D eigenvalue weighted by atomic mass is 9.87. The number of esters is 1. The van der Waals surface area contributed by atoms with Crippen molar-refractivity contribution in [2.24, 2.45) is 0 Å². The Morgan fingerprint density at radius 3 is 2.35 bits per heavy atom. The van der Waals surface area contributed by atoms with E-state index >= 15 is 0 Å². The highest BCUT2D eigenvalue weighted by Gasteiger charge is 2.22. The van der Waals surface area contributed by atoms with E-state index in [-0.39, 0.29) is 23.5 Å². The Labute approximate surface area is 287 Å². The lowest BCUT2D eigenvalue weighted by molar-refractivity contribution is -0.146. The molecule has 0 saturated carbocycles. The van der Waals surface area contributed by atoms with Crippen LogP contribution in [0.2, 0.25) is 0 Å². The Hall–Kier alpha value is -3.45. The number of nitriles is 1. The van der Waals surface area contributed by atoms with Gasteiger partial charge in [-0.05, 0) is 53.3 Å². The first kappa shape index (κ1) is 35.4. The molecule has 46 heavy (non-hydrogen) atoms. The van der Waals surface area contributed by atoms with Gasteiger partial charge >= 0.3 is 5.97 Å². The molecule has 0 amide bonds. The largest absolute Gasteiger partial charge is 0.490 e. The van der Waals surface area contributed by atoms with Gasteiger partial charge in [-0.15, -0.1) is 0 Å². The summed E-state index contributed by atoms with van der Waals surface area (Å²) in [6, 6.07) is 29.5. The number of unbranched alkanes of at least 4 members (excludes halogenated alkanes) is 1. The van der Waals surface area contributed by atoms with Crippen molar-refractivity contribution in [2.75, 3.05) is 23.9 Å². The van der Waals surface area contributed by atoms with Crippen molar-refractivity contribution >= 4 is 44.5 Å². The van der Waals surface area contributed by atoms with E-state index in [9.17, 15) is 14.3 Å². The number of carbonyl (C=O) groups excluding carboxylic acids is 1. The number of benzene rings is 3. The minimum atomic E-state index is -1.16. The maximum absolute atomic E-state index is 13.2. The molecule has 2 atom stereocenters. The molecule has 4 aromatic rings. The minimum Gasteiger partial charge on any atom is -0.490 e. The number of thioether (sulfide) groups is 1. The van der Waals surface area contributed by atoms with E-state index in [0.717, 1.165) is 45.8 Å². The van der Waals surface area contributed by atoms with E-state index in [0.29, 0.717) is 27.8 Å². The normalized spacial score (nSPS) is 12.6. The van der Waals surface area contributed by atoms with Crippen LogP contribution in [0.4, 0.5) is 0 Å². The Bertz CT molecular complexity index is 1670. The molecular weight excluding hydrogens is 680 g/mol. The lowest BCUT2D eigenvalue weighted by Crippen LogP contribution is -2.32. The molecule has 240 valence electrons. The predicted molar refractivity (Wildman–Crippen MR) is 192 cm³/mol. The third kappa shape index (κ3) is 10.3. The summed E-state index contributed by atoms with van der Waals surface area (Å²) in [7, 11) is -1.16. The van der Waals surface area contributed by atoms with Gasteiger partial charge in [-0.3, -0.25) is 9.00 Å². The number of halogens is 1. The maximum Gasteiger partial charge on any atom is 0.316 e. The highest BCUT2D eigenvalue weighted by Crippen LogP contribution is 2.34. The van der Waals surface area contributed by atoms with E-state index in [4.69, 9.17) is 14.5 Å². The van der Waals surface area contributed by atoms with Crippen molar-refractivity contribution in [1.82, 2.24) is 4.98 Å². The third-order valence-electron chi connectivity index (χ3n) is 7.20. The summed E-state index contributed by atoms with van der Waals surface area (Å²) in [5.74, 6) is 0.826. The average Bonchev–Trinajstić information content (AvgIpc) is 3.05. The molecule has 9 heteroatoms. The number of hydrogen-bond donors (Lipinski definition) is 0. The van der Waals surface area contributed by atoms with Gasteiger partial charge in [0.2, 0.25) is 0 Å². The number of rotatable bonds is 14. The molecule has 0 fully saturated rings. The molecular formula is C37H39BrN2O4S2. The van der Waals surface area contributed by atoms with Crippen LogP contribution in [-0.4, -0.2) is 45.1 Å². The van der Waals surface area contributed by atoms with Gasteiger partial charge in [0.1, 0.15) is 29.6 Å². The molecule has 0 aliphatic carbocycles. The van der Waals surface area contributed by atoms with Crippen LogP contribution in [0.15, 0.2) is 94.4 Å². The molecule has 0 spiro atoms. The van der Waals surface area contributed by atoms with Crippen molar-refractivity contribution in [1.29, 1.82) is 5.26 Å². The van der Waals surface area contributed by atoms with Crippen LogP contribution < -0.4 is 4.74 Å². The summed E-state index contributed by atoms with van der Waals surface area (Å²) >= 11 is 4.64. The number of ether oxygens (including phenoxy) is 2. The first-order valence-corrected chi connectivity index (χ1v) is 18.5. The number of hydrogen-bond acceptors (Lipinski definition) is 7. The summed E-state index contributed by atoms with van der Waals surface area (Å²) in [6.45, 7) is 8.58. The fourth-order valence-corrected chi connectivity index (χ4v) is 7.05. The zero-order valence-corrected chi connectivity index (χ0v) is 29.8. The Morgan fingerprint density at radius 1 is 1.02 bits per heavy atom. The first-order valence-electron chi connectivity index (χ1n) is 15.2. The Kier molecular flexibility index (Phi) is 13.0. The van der Waals surface area contributed by atoms with Crippen molar-refractivity contribution in [2.45, 2.75) is 57.1 Å². The second-order valence-corrected chi connectivity index (χ2v) is 15.4. The fraction of sp³-hybridized carbons (Fsp3) is 0.324. The summed E-state index contributed by atoms with van der Waals surface area (Å²) in [4.78, 5) is 18.0. The van der Waals surface area contributed by atoms with Gasteiger partial charge in [0.25, 0.3) is 0 Å². The minimum absolute atomic E-state index is 0.0182. The van der Waals surface area contributed by atoms with Gasteiger partial charge in [-0.25, -0.2) is 4.98 Å². The van der Waals surface area contributed by atoms with E-state index in [1.165, 1.54) is 5.56 Å². The van der Waals surface area contributed by atoms with Crippen LogP contribution in [0.25, 0.3) is 22.4 Å². The van der Waals surface area contributed by atoms with E-state index < -0.39 is 22.9 Å². The average molecular weight is 720 g/mol. The van der Waals surface area contributed by atoms with Crippen LogP contribution in [-0.2, 0) is 25.7 Å². The van der Waals surface area contributed by atoms with Gasteiger partial charge in [-0.2, -0.15) is 5.26 Å². The molecule has 1 heterocycles. The molecule has 6 nitrogen and oxygen atoms in total. The van der Waals surface area contributed by atoms with Gasteiger partial charge in [0.15, 0.2) is 0 Å². The summed E-state index contributed by atoms with van der Waals surface area (Å²) in [5.41, 5.74) is 4.79. The van der Waals surface area contributed by atoms with Crippen LogP contribution in [0.1, 0.15) is 51.7 Å².